The largest absolute Gasteiger partial charge is 0.380 e. The lowest BCUT2D eigenvalue weighted by molar-refractivity contribution is 0.101. The van der Waals surface area contributed by atoms with Crippen LogP contribution in [0, 0.1) is 11.3 Å². The number of carbonyl (C=O) groups excluding carboxylic acids is 1. The van der Waals surface area contributed by atoms with Crippen LogP contribution < -0.4 is 5.32 Å². The lowest BCUT2D eigenvalue weighted by Gasteiger charge is -2.11. The minimum Gasteiger partial charge on any atom is -0.380 e. The molecular formula is C17H16N2OS. The number of nitrogens with one attached hydrogen (secondary N) is 1. The van der Waals surface area contributed by atoms with E-state index in [1.807, 2.05) is 6.26 Å². The van der Waals surface area contributed by atoms with Crippen molar-refractivity contribution in [3.8, 4) is 6.07 Å². The van der Waals surface area contributed by atoms with Crippen molar-refractivity contribution in [2.24, 2.45) is 0 Å². The van der Waals surface area contributed by atoms with Crippen LogP contribution in [-0.2, 0) is 6.54 Å². The van der Waals surface area contributed by atoms with E-state index in [0.29, 0.717) is 23.4 Å². The molecule has 2 aromatic carbocycles. The molecule has 2 rings (SSSR count). The maximum Gasteiger partial charge on any atom is 0.161 e. The van der Waals surface area contributed by atoms with Gasteiger partial charge in [-0.05, 0) is 49.1 Å². The molecule has 0 saturated carbocycles. The van der Waals surface area contributed by atoms with Crippen LogP contribution in [0.2, 0.25) is 0 Å². The second-order valence-corrected chi connectivity index (χ2v) is 5.51. The Balaban J connectivity index is 2.18. The molecule has 0 atom stereocenters. The Morgan fingerprint density at radius 3 is 2.52 bits per heavy atom. The number of carbonyl (C=O) groups is 1. The molecule has 0 aromatic heterocycles. The summed E-state index contributed by atoms with van der Waals surface area (Å²) in [6.07, 6.45) is 2.04. The quantitative estimate of drug-likeness (QED) is 0.667. The lowest BCUT2D eigenvalue weighted by atomic mass is 10.1. The van der Waals surface area contributed by atoms with Crippen molar-refractivity contribution in [3.05, 3.63) is 59.2 Å². The second kappa shape index (κ2) is 6.96. The summed E-state index contributed by atoms with van der Waals surface area (Å²) in [5.74, 6) is -0.0141. The molecule has 4 heteroatoms. The van der Waals surface area contributed by atoms with Crippen molar-refractivity contribution < 1.29 is 4.79 Å². The number of benzene rings is 2. The fourth-order valence-electron chi connectivity index (χ4n) is 2.01. The van der Waals surface area contributed by atoms with Gasteiger partial charge in [0.2, 0.25) is 0 Å². The van der Waals surface area contributed by atoms with Crippen molar-refractivity contribution >= 4 is 23.2 Å². The molecule has 0 amide bonds. The lowest BCUT2D eigenvalue weighted by Crippen LogP contribution is -2.05. The molecule has 0 saturated heterocycles. The van der Waals surface area contributed by atoms with E-state index in [4.69, 9.17) is 5.26 Å². The number of nitrogens with zero attached hydrogens (tertiary/aromatic N) is 1. The van der Waals surface area contributed by atoms with E-state index in [1.54, 1.807) is 30.0 Å². The van der Waals surface area contributed by atoms with Crippen molar-refractivity contribution in [1.82, 2.24) is 0 Å². The number of thioether (sulfide) groups is 1. The monoisotopic (exact) mass is 296 g/mol. The van der Waals surface area contributed by atoms with Gasteiger partial charge in [0.25, 0.3) is 0 Å². The average molecular weight is 296 g/mol. The maximum absolute atomic E-state index is 11.6. The molecule has 0 unspecified atom stereocenters. The third-order valence-corrected chi connectivity index (χ3v) is 3.91. The number of nitriles is 1. The molecule has 0 aliphatic carbocycles. The second-order valence-electron chi connectivity index (χ2n) is 4.63. The summed E-state index contributed by atoms with van der Waals surface area (Å²) in [5.41, 5.74) is 2.98. The molecule has 0 aliphatic rings. The van der Waals surface area contributed by atoms with Crippen LogP contribution >= 0.6 is 11.8 Å². The Labute approximate surface area is 129 Å². The average Bonchev–Trinajstić information content (AvgIpc) is 2.52. The van der Waals surface area contributed by atoms with Crippen LogP contribution in [0.4, 0.5) is 5.69 Å². The van der Waals surface area contributed by atoms with Gasteiger partial charge in [-0.3, -0.25) is 4.79 Å². The van der Waals surface area contributed by atoms with E-state index >= 15 is 0 Å². The van der Waals surface area contributed by atoms with Gasteiger partial charge in [-0.15, -0.1) is 11.8 Å². The molecule has 0 spiro atoms. The van der Waals surface area contributed by atoms with Gasteiger partial charge in [-0.25, -0.2) is 0 Å². The first-order valence-electron chi connectivity index (χ1n) is 6.56. The van der Waals surface area contributed by atoms with E-state index in [2.05, 4.69) is 35.7 Å². The molecule has 106 valence electrons. The van der Waals surface area contributed by atoms with E-state index in [-0.39, 0.29) is 5.78 Å². The summed E-state index contributed by atoms with van der Waals surface area (Å²) in [4.78, 5) is 12.9. The topological polar surface area (TPSA) is 52.9 Å². The first-order valence-corrected chi connectivity index (χ1v) is 7.78. The summed E-state index contributed by atoms with van der Waals surface area (Å²) < 4.78 is 0. The predicted molar refractivity (Wildman–Crippen MR) is 86.7 cm³/mol. The summed E-state index contributed by atoms with van der Waals surface area (Å²) >= 11 is 1.70. The Morgan fingerprint density at radius 1 is 1.24 bits per heavy atom. The summed E-state index contributed by atoms with van der Waals surface area (Å²) in [7, 11) is 0. The van der Waals surface area contributed by atoms with Gasteiger partial charge >= 0.3 is 0 Å². The first kappa shape index (κ1) is 15.1. The van der Waals surface area contributed by atoms with Crippen LogP contribution in [-0.4, -0.2) is 12.0 Å². The molecule has 0 fully saturated rings. The Hall–Kier alpha value is -2.25. The van der Waals surface area contributed by atoms with Crippen molar-refractivity contribution in [3.63, 3.8) is 0 Å². The van der Waals surface area contributed by atoms with Crippen molar-refractivity contribution in [1.29, 1.82) is 5.26 Å². The van der Waals surface area contributed by atoms with Gasteiger partial charge < -0.3 is 5.32 Å². The van der Waals surface area contributed by atoms with E-state index in [1.165, 1.54) is 11.8 Å². The van der Waals surface area contributed by atoms with Gasteiger partial charge in [0.1, 0.15) is 0 Å². The third-order valence-electron chi connectivity index (χ3n) is 3.17. The number of rotatable bonds is 5. The number of hydrogen-bond donors (Lipinski definition) is 1. The molecule has 0 radical (unpaired) electrons. The van der Waals surface area contributed by atoms with Gasteiger partial charge in [0, 0.05) is 22.7 Å². The highest BCUT2D eigenvalue weighted by Gasteiger charge is 2.08. The molecule has 0 bridgehead atoms. The fraction of sp³-hybridized carbons (Fsp3) is 0.176. The highest BCUT2D eigenvalue weighted by Crippen LogP contribution is 2.20. The Bertz CT molecular complexity index is 687. The smallest absolute Gasteiger partial charge is 0.161 e. The van der Waals surface area contributed by atoms with Crippen LogP contribution in [0.15, 0.2) is 47.4 Å². The first-order chi connectivity index (χ1) is 10.1. The van der Waals surface area contributed by atoms with Crippen LogP contribution in [0.3, 0.4) is 0 Å². The molecule has 2 aromatic rings. The van der Waals surface area contributed by atoms with Gasteiger partial charge in [0.15, 0.2) is 5.78 Å². The van der Waals surface area contributed by atoms with Crippen LogP contribution in [0.5, 0.6) is 0 Å². The highest BCUT2D eigenvalue weighted by atomic mass is 32.2. The van der Waals surface area contributed by atoms with E-state index in [0.717, 1.165) is 5.56 Å². The van der Waals surface area contributed by atoms with Gasteiger partial charge in [-0.2, -0.15) is 5.26 Å². The maximum atomic E-state index is 11.6. The van der Waals surface area contributed by atoms with Gasteiger partial charge in [-0.1, -0.05) is 12.1 Å². The molecule has 0 aliphatic heterocycles. The minimum absolute atomic E-state index is 0.0141. The van der Waals surface area contributed by atoms with Gasteiger partial charge in [0.05, 0.1) is 11.6 Å². The van der Waals surface area contributed by atoms with E-state index < -0.39 is 0 Å². The zero-order chi connectivity index (χ0) is 15.2. The summed E-state index contributed by atoms with van der Waals surface area (Å²) in [5, 5.41) is 12.2. The van der Waals surface area contributed by atoms with Crippen molar-refractivity contribution in [2.45, 2.75) is 18.4 Å². The SMILES string of the molecule is CSc1ccc(CNc2cc(C#N)ccc2C(C)=O)cc1. The standard InChI is InChI=1S/C17H16N2OS/c1-12(20)16-8-5-14(10-18)9-17(16)19-11-13-3-6-15(21-2)7-4-13/h3-9,19H,11H2,1-2H3. The molecule has 21 heavy (non-hydrogen) atoms. The molecular weight excluding hydrogens is 280 g/mol. The molecule has 1 N–H and O–H groups in total. The Morgan fingerprint density at radius 2 is 1.95 bits per heavy atom. The van der Waals surface area contributed by atoms with Crippen LogP contribution in [0.1, 0.15) is 28.4 Å². The van der Waals surface area contributed by atoms with E-state index in [9.17, 15) is 4.79 Å². The highest BCUT2D eigenvalue weighted by molar-refractivity contribution is 7.98. The summed E-state index contributed by atoms with van der Waals surface area (Å²) in [6, 6.07) is 15.4. The number of anilines is 1. The summed E-state index contributed by atoms with van der Waals surface area (Å²) in [6.45, 7) is 2.14. The third kappa shape index (κ3) is 3.87. The predicted octanol–water partition coefficient (Wildman–Crippen LogP) is 4.09. The molecule has 3 nitrogen and oxygen atoms in total. The van der Waals surface area contributed by atoms with Crippen molar-refractivity contribution in [2.75, 3.05) is 11.6 Å². The zero-order valence-electron chi connectivity index (χ0n) is 12.0. The normalized spacial score (nSPS) is 9.95. The molecule has 0 heterocycles. The van der Waals surface area contributed by atoms with Crippen LogP contribution in [0.25, 0.3) is 0 Å². The zero-order valence-corrected chi connectivity index (χ0v) is 12.8. The Kier molecular flexibility index (Phi) is 5.02. The number of ketones is 1. The number of Topliss-reactive ketones (excluding diaryl/α,β-unsaturated/α-hetero) is 1. The fourth-order valence-corrected chi connectivity index (χ4v) is 2.42. The number of hydrogen-bond acceptors (Lipinski definition) is 4. The minimum atomic E-state index is -0.0141.